The first-order valence-corrected chi connectivity index (χ1v) is 6.46. The van der Waals surface area contributed by atoms with Gasteiger partial charge in [-0.25, -0.2) is 8.78 Å². The van der Waals surface area contributed by atoms with Gasteiger partial charge < -0.3 is 10.1 Å². The first-order valence-electron chi connectivity index (χ1n) is 6.46. The summed E-state index contributed by atoms with van der Waals surface area (Å²) in [5.74, 6) is -1.55. The SMILES string of the molecule is Fc1ccc(C2(CC3CCCN3)COC2)cc1F. The molecule has 0 saturated carbocycles. The number of benzene rings is 1. The molecule has 98 valence electrons. The lowest BCUT2D eigenvalue weighted by molar-refractivity contribution is -0.0680. The summed E-state index contributed by atoms with van der Waals surface area (Å²) in [5, 5.41) is 3.45. The molecule has 3 rings (SSSR count). The van der Waals surface area contributed by atoms with Gasteiger partial charge in [0.1, 0.15) is 0 Å². The van der Waals surface area contributed by atoms with E-state index in [1.807, 2.05) is 0 Å². The molecule has 1 aromatic rings. The maximum absolute atomic E-state index is 13.4. The van der Waals surface area contributed by atoms with Crippen molar-refractivity contribution in [2.24, 2.45) is 0 Å². The van der Waals surface area contributed by atoms with Gasteiger partial charge in [0.15, 0.2) is 11.6 Å². The second kappa shape index (κ2) is 4.59. The van der Waals surface area contributed by atoms with Crippen LogP contribution in [0.15, 0.2) is 18.2 Å². The summed E-state index contributed by atoms with van der Waals surface area (Å²) in [7, 11) is 0. The van der Waals surface area contributed by atoms with Gasteiger partial charge in [-0.1, -0.05) is 6.07 Å². The third kappa shape index (κ3) is 2.04. The lowest BCUT2D eigenvalue weighted by Crippen LogP contribution is -2.50. The van der Waals surface area contributed by atoms with Gasteiger partial charge in [-0.3, -0.25) is 0 Å². The fourth-order valence-electron chi connectivity index (χ4n) is 2.98. The standard InChI is InChI=1S/C14H17F2NO/c15-12-4-3-10(6-13(12)16)14(8-18-9-14)7-11-2-1-5-17-11/h3-4,6,11,17H,1-2,5,7-9H2. The van der Waals surface area contributed by atoms with Crippen LogP contribution in [0.5, 0.6) is 0 Å². The predicted octanol–water partition coefficient (Wildman–Crippen LogP) is 2.37. The Kier molecular flexibility index (Phi) is 3.08. The number of ether oxygens (including phenoxy) is 1. The van der Waals surface area contributed by atoms with Gasteiger partial charge in [0.25, 0.3) is 0 Å². The largest absolute Gasteiger partial charge is 0.379 e. The van der Waals surface area contributed by atoms with Crippen LogP contribution in [0.2, 0.25) is 0 Å². The summed E-state index contributed by atoms with van der Waals surface area (Å²) in [6, 6.07) is 4.71. The summed E-state index contributed by atoms with van der Waals surface area (Å²) >= 11 is 0. The number of hydrogen-bond acceptors (Lipinski definition) is 2. The van der Waals surface area contributed by atoms with Crippen molar-refractivity contribution in [3.8, 4) is 0 Å². The fourth-order valence-corrected chi connectivity index (χ4v) is 2.98. The number of rotatable bonds is 3. The second-order valence-corrected chi connectivity index (χ2v) is 5.40. The van der Waals surface area contributed by atoms with Gasteiger partial charge >= 0.3 is 0 Å². The van der Waals surface area contributed by atoms with Crippen molar-refractivity contribution in [1.29, 1.82) is 0 Å². The van der Waals surface area contributed by atoms with Crippen LogP contribution in [-0.2, 0) is 10.2 Å². The zero-order valence-electron chi connectivity index (χ0n) is 10.2. The van der Waals surface area contributed by atoms with Crippen molar-refractivity contribution in [2.45, 2.75) is 30.7 Å². The van der Waals surface area contributed by atoms with Crippen molar-refractivity contribution >= 4 is 0 Å². The van der Waals surface area contributed by atoms with Crippen LogP contribution in [0.3, 0.4) is 0 Å². The van der Waals surface area contributed by atoms with Gasteiger partial charge in [-0.15, -0.1) is 0 Å². The van der Waals surface area contributed by atoms with E-state index in [2.05, 4.69) is 5.32 Å². The third-order valence-corrected chi connectivity index (χ3v) is 4.09. The highest BCUT2D eigenvalue weighted by molar-refractivity contribution is 5.29. The molecular weight excluding hydrogens is 236 g/mol. The van der Waals surface area contributed by atoms with E-state index in [9.17, 15) is 8.78 Å². The Hall–Kier alpha value is -1.00. The van der Waals surface area contributed by atoms with E-state index in [-0.39, 0.29) is 5.41 Å². The minimum Gasteiger partial charge on any atom is -0.379 e. The smallest absolute Gasteiger partial charge is 0.159 e. The molecule has 0 spiro atoms. The maximum Gasteiger partial charge on any atom is 0.159 e. The first-order chi connectivity index (χ1) is 8.70. The normalized spacial score (nSPS) is 26.0. The lowest BCUT2D eigenvalue weighted by atomic mass is 9.73. The van der Waals surface area contributed by atoms with E-state index in [4.69, 9.17) is 4.74 Å². The average Bonchev–Trinajstić information content (AvgIpc) is 2.80. The fraction of sp³-hybridized carbons (Fsp3) is 0.571. The van der Waals surface area contributed by atoms with Gasteiger partial charge in [0.2, 0.25) is 0 Å². The molecule has 0 aliphatic carbocycles. The molecule has 2 aliphatic rings. The van der Waals surface area contributed by atoms with Crippen molar-refractivity contribution in [1.82, 2.24) is 5.32 Å². The summed E-state index contributed by atoms with van der Waals surface area (Å²) in [6.45, 7) is 2.27. The highest BCUT2D eigenvalue weighted by Crippen LogP contribution is 2.38. The second-order valence-electron chi connectivity index (χ2n) is 5.40. The van der Waals surface area contributed by atoms with Crippen LogP contribution in [0.4, 0.5) is 8.78 Å². The average molecular weight is 253 g/mol. The molecule has 1 N–H and O–H groups in total. The molecule has 2 saturated heterocycles. The number of nitrogens with one attached hydrogen (secondary N) is 1. The van der Waals surface area contributed by atoms with Crippen LogP contribution in [0.25, 0.3) is 0 Å². The van der Waals surface area contributed by atoms with Gasteiger partial charge in [0, 0.05) is 11.5 Å². The van der Waals surface area contributed by atoms with Crippen LogP contribution < -0.4 is 5.32 Å². The molecule has 18 heavy (non-hydrogen) atoms. The molecule has 1 atom stereocenters. The Morgan fingerprint density at radius 3 is 2.67 bits per heavy atom. The first kappa shape index (κ1) is 12.1. The molecule has 0 amide bonds. The van der Waals surface area contributed by atoms with Gasteiger partial charge in [-0.05, 0) is 43.5 Å². The molecule has 1 unspecified atom stereocenters. The molecule has 2 aliphatic heterocycles. The molecule has 0 bridgehead atoms. The maximum atomic E-state index is 13.4. The minimum absolute atomic E-state index is 0.128. The summed E-state index contributed by atoms with van der Waals surface area (Å²) in [5.41, 5.74) is 0.734. The quantitative estimate of drug-likeness (QED) is 0.893. The predicted molar refractivity (Wildman–Crippen MR) is 64.5 cm³/mol. The van der Waals surface area contributed by atoms with E-state index in [0.717, 1.165) is 24.9 Å². The highest BCUT2D eigenvalue weighted by atomic mass is 19.2. The zero-order chi connectivity index (χ0) is 12.6. The third-order valence-electron chi connectivity index (χ3n) is 4.09. The van der Waals surface area contributed by atoms with Crippen LogP contribution in [0.1, 0.15) is 24.8 Å². The van der Waals surface area contributed by atoms with Crippen molar-refractivity contribution in [3.05, 3.63) is 35.4 Å². The summed E-state index contributed by atoms with van der Waals surface area (Å²) < 4.78 is 31.7. The van der Waals surface area contributed by atoms with Gasteiger partial charge in [0.05, 0.1) is 13.2 Å². The topological polar surface area (TPSA) is 21.3 Å². The van der Waals surface area contributed by atoms with Crippen molar-refractivity contribution < 1.29 is 13.5 Å². The van der Waals surface area contributed by atoms with Crippen LogP contribution in [0, 0.1) is 11.6 Å². The number of halogens is 2. The van der Waals surface area contributed by atoms with Crippen molar-refractivity contribution in [2.75, 3.05) is 19.8 Å². The molecule has 4 heteroatoms. The number of hydrogen-bond donors (Lipinski definition) is 1. The summed E-state index contributed by atoms with van der Waals surface area (Å²) in [6.07, 6.45) is 3.29. The Morgan fingerprint density at radius 2 is 2.11 bits per heavy atom. The highest BCUT2D eigenvalue weighted by Gasteiger charge is 2.42. The van der Waals surface area contributed by atoms with E-state index in [1.54, 1.807) is 6.07 Å². The van der Waals surface area contributed by atoms with E-state index in [1.165, 1.54) is 18.6 Å². The van der Waals surface area contributed by atoms with E-state index >= 15 is 0 Å². The monoisotopic (exact) mass is 253 g/mol. The zero-order valence-corrected chi connectivity index (χ0v) is 10.2. The van der Waals surface area contributed by atoms with Crippen LogP contribution in [-0.4, -0.2) is 25.8 Å². The molecule has 0 aromatic heterocycles. The molecule has 2 fully saturated rings. The molecule has 2 heterocycles. The Labute approximate surface area is 105 Å². The van der Waals surface area contributed by atoms with E-state index in [0.29, 0.717) is 19.3 Å². The Bertz CT molecular complexity index is 439. The molecule has 0 radical (unpaired) electrons. The summed E-state index contributed by atoms with van der Waals surface area (Å²) in [4.78, 5) is 0. The van der Waals surface area contributed by atoms with Crippen molar-refractivity contribution in [3.63, 3.8) is 0 Å². The lowest BCUT2D eigenvalue weighted by Gasteiger charge is -2.43. The van der Waals surface area contributed by atoms with Gasteiger partial charge in [-0.2, -0.15) is 0 Å². The molecular formula is C14H17F2NO. The molecule has 2 nitrogen and oxygen atoms in total. The van der Waals surface area contributed by atoms with Crippen LogP contribution >= 0.6 is 0 Å². The Morgan fingerprint density at radius 1 is 1.28 bits per heavy atom. The van der Waals surface area contributed by atoms with E-state index < -0.39 is 11.6 Å². The minimum atomic E-state index is -0.784. The Balaban J connectivity index is 1.83. The molecule has 1 aromatic carbocycles.